The summed E-state index contributed by atoms with van der Waals surface area (Å²) in [6.45, 7) is 1.56. The van der Waals surface area contributed by atoms with Crippen LogP contribution in [0.25, 0.3) is 0 Å². The third-order valence-corrected chi connectivity index (χ3v) is 16.7. The number of nitrogens with zero attached hydrogens (tertiary/aromatic N) is 1. The van der Waals surface area contributed by atoms with Gasteiger partial charge in [0.2, 0.25) is 12.2 Å². The molecule has 0 spiro atoms. The Morgan fingerprint density at radius 1 is 0.532 bits per heavy atom. The second-order valence-electron chi connectivity index (χ2n) is 14.1. The second-order valence-corrected chi connectivity index (χ2v) is 20.9. The standard InChI is InChI=1S/C46H47N8O2S6/c1-47-29-27-38(31-55)48-32-3-15-39(16-4-32)57-59-41-19-7-34(8-20-41)50-52-36-11-23-43(24-12-36)61-62-44-25-13-37(14-26-44)53-51-35-9-21-42(22-10-35)60-58-40-17-5-33(6-18-40)49-45-28-30-54(2)46(45)56/h3-26,38,45,47-53H,27-30H2,1-2H3. The maximum Gasteiger partial charge on any atom is 0.244 e. The van der Waals surface area contributed by atoms with Gasteiger partial charge in [0, 0.05) is 54.3 Å². The molecule has 6 aromatic rings. The van der Waals surface area contributed by atoms with Gasteiger partial charge in [-0.2, -0.15) is 0 Å². The fourth-order valence-corrected chi connectivity index (χ4v) is 11.8. The van der Waals surface area contributed by atoms with Gasteiger partial charge in [-0.15, -0.1) is 0 Å². The Balaban J connectivity index is 0.765. The molecule has 7 rings (SSSR count). The number of carbonyl (C=O) groups is 1. The van der Waals surface area contributed by atoms with Crippen LogP contribution in [0, 0.1) is 0 Å². The van der Waals surface area contributed by atoms with E-state index in [1.807, 2.05) is 38.4 Å². The molecule has 1 aliphatic heterocycles. The van der Waals surface area contributed by atoms with E-state index in [4.69, 9.17) is 0 Å². The van der Waals surface area contributed by atoms with Gasteiger partial charge < -0.3 is 42.6 Å². The van der Waals surface area contributed by atoms with Crippen molar-refractivity contribution in [1.82, 2.24) is 10.2 Å². The monoisotopic (exact) mass is 935 g/mol. The predicted molar refractivity (Wildman–Crippen MR) is 270 cm³/mol. The van der Waals surface area contributed by atoms with Crippen molar-refractivity contribution in [3.05, 3.63) is 146 Å². The average molecular weight is 936 g/mol. The Morgan fingerprint density at radius 2 is 0.855 bits per heavy atom. The number of hydrazine groups is 2. The van der Waals surface area contributed by atoms with Crippen molar-refractivity contribution >= 4 is 111 Å². The number of likely N-dealkylation sites (tertiary alicyclic amines) is 1. The molecule has 0 aromatic heterocycles. The van der Waals surface area contributed by atoms with E-state index in [2.05, 4.69) is 165 Å². The zero-order valence-electron chi connectivity index (χ0n) is 34.1. The Hall–Kier alpha value is -4.68. The van der Waals surface area contributed by atoms with Crippen LogP contribution in [0.1, 0.15) is 12.8 Å². The van der Waals surface area contributed by atoms with Crippen molar-refractivity contribution in [2.45, 2.75) is 54.3 Å². The van der Waals surface area contributed by atoms with Gasteiger partial charge in [0.05, 0.1) is 28.8 Å². The molecule has 2 unspecified atom stereocenters. The lowest BCUT2D eigenvalue weighted by molar-refractivity contribution is -0.127. The van der Waals surface area contributed by atoms with Gasteiger partial charge >= 0.3 is 0 Å². The third kappa shape index (κ3) is 14.2. The molecule has 0 bridgehead atoms. The fraction of sp³-hybridized carbons (Fsp3) is 0.174. The zero-order valence-corrected chi connectivity index (χ0v) is 39.0. The van der Waals surface area contributed by atoms with E-state index in [9.17, 15) is 9.59 Å². The Labute approximate surface area is 387 Å². The molecule has 6 aromatic carbocycles. The van der Waals surface area contributed by atoms with Crippen molar-refractivity contribution in [2.75, 3.05) is 59.5 Å². The van der Waals surface area contributed by atoms with E-state index >= 15 is 0 Å². The highest BCUT2D eigenvalue weighted by molar-refractivity contribution is 8.77. The van der Waals surface area contributed by atoms with E-state index in [0.29, 0.717) is 6.42 Å². The largest absolute Gasteiger partial charge is 0.375 e. The highest BCUT2D eigenvalue weighted by Gasteiger charge is 2.28. The van der Waals surface area contributed by atoms with Gasteiger partial charge in [0.25, 0.3) is 0 Å². The number of rotatable bonds is 23. The summed E-state index contributed by atoms with van der Waals surface area (Å²) in [4.78, 5) is 32.1. The maximum absolute atomic E-state index is 12.2. The number of benzene rings is 6. The van der Waals surface area contributed by atoms with Gasteiger partial charge in [-0.1, -0.05) is 64.8 Å². The smallest absolute Gasteiger partial charge is 0.244 e. The van der Waals surface area contributed by atoms with Gasteiger partial charge in [0.15, 0.2) is 0 Å². The summed E-state index contributed by atoms with van der Waals surface area (Å²) in [5.41, 5.74) is 19.0. The van der Waals surface area contributed by atoms with Crippen LogP contribution in [-0.4, -0.2) is 56.4 Å². The first-order valence-electron chi connectivity index (χ1n) is 19.9. The minimum absolute atomic E-state index is 0.131. The van der Waals surface area contributed by atoms with E-state index in [-0.39, 0.29) is 18.0 Å². The Morgan fingerprint density at radius 3 is 1.15 bits per heavy atom. The third-order valence-electron chi connectivity index (χ3n) is 9.47. The van der Waals surface area contributed by atoms with Gasteiger partial charge in [-0.3, -0.25) is 9.59 Å². The van der Waals surface area contributed by atoms with Gasteiger partial charge in [-0.25, -0.2) is 0 Å². The van der Waals surface area contributed by atoms with Crippen molar-refractivity contribution < 1.29 is 9.59 Å². The minimum atomic E-state index is -0.323. The summed E-state index contributed by atoms with van der Waals surface area (Å²) < 4.78 is 0. The summed E-state index contributed by atoms with van der Waals surface area (Å²) in [7, 11) is 14.0. The Kier molecular flexibility index (Phi) is 17.3. The quantitative estimate of drug-likeness (QED) is 0.0244. The molecule has 1 fully saturated rings. The first-order valence-corrected chi connectivity index (χ1v) is 26.3. The number of anilines is 6. The van der Waals surface area contributed by atoms with Crippen LogP contribution >= 0.6 is 64.8 Å². The second kappa shape index (κ2) is 23.7. The van der Waals surface area contributed by atoms with Gasteiger partial charge in [-0.05, 0) is 172 Å². The number of hydrogen-bond donors (Lipinski definition) is 7. The molecule has 1 radical (unpaired) electrons. The molecule has 2 atom stereocenters. The molecule has 7 N–H and O–H groups in total. The van der Waals surface area contributed by atoms with E-state index in [1.165, 1.54) is 9.79 Å². The minimum Gasteiger partial charge on any atom is -0.375 e. The Bertz CT molecular complexity index is 2310. The molecule has 1 amide bonds. The first-order chi connectivity index (χ1) is 30.4. The molecule has 62 heavy (non-hydrogen) atoms. The average Bonchev–Trinajstić information content (AvgIpc) is 3.63. The van der Waals surface area contributed by atoms with Crippen LogP contribution < -0.4 is 37.7 Å². The van der Waals surface area contributed by atoms with Crippen molar-refractivity contribution in [1.29, 1.82) is 0 Å². The van der Waals surface area contributed by atoms with Crippen LogP contribution in [0.15, 0.2) is 175 Å². The molecule has 0 saturated carbocycles. The fourth-order valence-electron chi connectivity index (χ4n) is 5.97. The predicted octanol–water partition coefficient (Wildman–Crippen LogP) is 12.1. The summed E-state index contributed by atoms with van der Waals surface area (Å²) in [5, 5.41) is 9.64. The molecular weight excluding hydrogens is 889 g/mol. The van der Waals surface area contributed by atoms with Crippen molar-refractivity contribution in [2.24, 2.45) is 0 Å². The highest BCUT2D eigenvalue weighted by atomic mass is 33.1. The van der Waals surface area contributed by atoms with E-state index in [0.717, 1.165) is 73.2 Å². The number of amides is 1. The molecule has 1 saturated heterocycles. The number of nitrogens with one attached hydrogen (secondary N) is 7. The van der Waals surface area contributed by atoms with Crippen molar-refractivity contribution in [3.63, 3.8) is 0 Å². The van der Waals surface area contributed by atoms with E-state index in [1.54, 1.807) is 69.7 Å². The topological polar surface area (TPSA) is 122 Å². The van der Waals surface area contributed by atoms with Crippen LogP contribution in [-0.2, 0) is 9.59 Å². The number of hydrogen-bond acceptors (Lipinski definition) is 15. The summed E-state index contributed by atoms with van der Waals surface area (Å²) in [6, 6.07) is 49.3. The molecule has 10 nitrogen and oxygen atoms in total. The molecule has 319 valence electrons. The molecule has 1 heterocycles. The first kappa shape index (κ1) is 45.3. The van der Waals surface area contributed by atoms with Crippen LogP contribution in [0.5, 0.6) is 0 Å². The van der Waals surface area contributed by atoms with Crippen molar-refractivity contribution in [3.8, 4) is 0 Å². The number of carbonyl (C=O) groups excluding carboxylic acids is 2. The lowest BCUT2D eigenvalue weighted by Crippen LogP contribution is -2.30. The van der Waals surface area contributed by atoms with Crippen LogP contribution in [0.3, 0.4) is 0 Å². The summed E-state index contributed by atoms with van der Waals surface area (Å²) >= 11 is 0. The van der Waals surface area contributed by atoms with E-state index < -0.39 is 0 Å². The number of likely N-dealkylation sites (N-methyl/N-ethyl adjacent to an activating group) is 1. The molecular formula is C46H47N8O2S6. The van der Waals surface area contributed by atoms with Gasteiger partial charge in [0.1, 0.15) is 6.04 Å². The molecule has 1 aliphatic rings. The maximum atomic E-state index is 12.2. The highest BCUT2D eigenvalue weighted by Crippen LogP contribution is 2.40. The summed E-state index contributed by atoms with van der Waals surface area (Å²) in [5.74, 6) is 0.155. The normalized spacial score (nSPS) is 13.9. The van der Waals surface area contributed by atoms with Crippen LogP contribution in [0.4, 0.5) is 34.1 Å². The molecule has 16 heteroatoms. The molecule has 0 aliphatic carbocycles. The SMILES string of the molecule is CNCCC([C]=O)Nc1ccc(SSc2ccc(NNc3ccc(SSc4ccc(NNc5ccc(SSc6ccc(NC7CCN(C)C7=O)cc6)cc5)cc4)cc3)cc2)cc1. The lowest BCUT2D eigenvalue weighted by atomic mass is 10.2. The lowest BCUT2D eigenvalue weighted by Gasteiger charge is -2.13. The summed E-state index contributed by atoms with van der Waals surface area (Å²) in [6.07, 6.45) is 3.59. The zero-order chi connectivity index (χ0) is 42.9. The van der Waals surface area contributed by atoms with Crippen LogP contribution in [0.2, 0.25) is 0 Å².